The zero-order chi connectivity index (χ0) is 14.1. The summed E-state index contributed by atoms with van der Waals surface area (Å²) in [5.41, 5.74) is 6.71. The Morgan fingerprint density at radius 1 is 1.35 bits per heavy atom. The summed E-state index contributed by atoms with van der Waals surface area (Å²) in [4.78, 5) is 14.1. The van der Waals surface area contributed by atoms with Gasteiger partial charge in [-0.2, -0.15) is 0 Å². The molecule has 1 aromatic rings. The van der Waals surface area contributed by atoms with E-state index in [1.54, 1.807) is 7.11 Å². The third kappa shape index (κ3) is 6.37. The second kappa shape index (κ2) is 10.7. The zero-order valence-electron chi connectivity index (χ0n) is 12.2. The van der Waals surface area contributed by atoms with E-state index >= 15 is 0 Å². The van der Waals surface area contributed by atoms with Crippen molar-refractivity contribution in [2.75, 3.05) is 20.2 Å². The van der Waals surface area contributed by atoms with Gasteiger partial charge in [-0.3, -0.25) is 4.79 Å². The van der Waals surface area contributed by atoms with Gasteiger partial charge in [0.1, 0.15) is 0 Å². The predicted octanol–water partition coefficient (Wildman–Crippen LogP) is 2.21. The highest BCUT2D eigenvalue weighted by Gasteiger charge is 2.17. The van der Waals surface area contributed by atoms with E-state index < -0.39 is 0 Å². The summed E-state index contributed by atoms with van der Waals surface area (Å²) >= 11 is 0. The van der Waals surface area contributed by atoms with Crippen molar-refractivity contribution in [1.82, 2.24) is 4.90 Å². The van der Waals surface area contributed by atoms with E-state index in [1.807, 2.05) is 35.2 Å². The van der Waals surface area contributed by atoms with Gasteiger partial charge < -0.3 is 15.4 Å². The van der Waals surface area contributed by atoms with E-state index in [1.165, 1.54) is 0 Å². The first-order valence-electron chi connectivity index (χ1n) is 6.75. The van der Waals surface area contributed by atoms with Gasteiger partial charge in [0.15, 0.2) is 0 Å². The maximum Gasteiger partial charge on any atom is 0.225 e. The number of nitrogens with two attached hydrogens (primary N) is 1. The van der Waals surface area contributed by atoms with Crippen molar-refractivity contribution in [1.29, 1.82) is 0 Å². The molecule has 0 saturated heterocycles. The number of halogens is 1. The third-order valence-electron chi connectivity index (χ3n) is 3.06. The molecule has 0 bridgehead atoms. The standard InChI is InChI=1S/C15H24N2O2.ClH/c1-3-9-17(12-13-7-5-4-6-8-13)15(18)10-14(11-16)19-2;/h4-8,14H,3,9-12,16H2,1-2H3;1H. The molecule has 1 amide bonds. The van der Waals surface area contributed by atoms with Crippen molar-refractivity contribution < 1.29 is 9.53 Å². The SMILES string of the molecule is CCCN(Cc1ccccc1)C(=O)CC(CN)OC.Cl. The van der Waals surface area contributed by atoms with Crippen molar-refractivity contribution in [2.24, 2.45) is 5.73 Å². The van der Waals surface area contributed by atoms with Crippen LogP contribution in [0.25, 0.3) is 0 Å². The Balaban J connectivity index is 0.00000361. The van der Waals surface area contributed by atoms with Gasteiger partial charge in [0.05, 0.1) is 12.5 Å². The molecule has 2 N–H and O–H groups in total. The van der Waals surface area contributed by atoms with E-state index in [2.05, 4.69) is 6.92 Å². The Hall–Kier alpha value is -1.10. The molecule has 0 saturated carbocycles. The molecule has 0 aromatic heterocycles. The highest BCUT2D eigenvalue weighted by molar-refractivity contribution is 5.85. The van der Waals surface area contributed by atoms with Crippen molar-refractivity contribution in [3.63, 3.8) is 0 Å². The topological polar surface area (TPSA) is 55.6 Å². The smallest absolute Gasteiger partial charge is 0.225 e. The fraction of sp³-hybridized carbons (Fsp3) is 0.533. The van der Waals surface area contributed by atoms with Crippen LogP contribution in [0.5, 0.6) is 0 Å². The average Bonchev–Trinajstić information content (AvgIpc) is 2.45. The number of ether oxygens (including phenoxy) is 1. The first-order chi connectivity index (χ1) is 9.21. The minimum absolute atomic E-state index is 0. The lowest BCUT2D eigenvalue weighted by molar-refractivity contribution is -0.134. The van der Waals surface area contributed by atoms with Gasteiger partial charge in [0, 0.05) is 26.7 Å². The molecule has 0 spiro atoms. The van der Waals surface area contributed by atoms with Crippen LogP contribution in [0.15, 0.2) is 30.3 Å². The van der Waals surface area contributed by atoms with E-state index in [0.29, 0.717) is 19.5 Å². The Bertz CT molecular complexity index is 369. The van der Waals surface area contributed by atoms with Crippen molar-refractivity contribution in [3.8, 4) is 0 Å². The molecule has 1 atom stereocenters. The molecule has 1 rings (SSSR count). The number of hydrogen-bond donors (Lipinski definition) is 1. The molecule has 1 unspecified atom stereocenters. The molecule has 0 aliphatic carbocycles. The number of amides is 1. The summed E-state index contributed by atoms with van der Waals surface area (Å²) in [6.07, 6.45) is 1.10. The molecule has 1 aromatic carbocycles. The number of benzene rings is 1. The summed E-state index contributed by atoms with van der Waals surface area (Å²) in [6, 6.07) is 10.0. The first kappa shape index (κ1) is 18.9. The van der Waals surface area contributed by atoms with E-state index in [0.717, 1.165) is 18.5 Å². The Kier molecular flexibility index (Phi) is 10.1. The van der Waals surface area contributed by atoms with Gasteiger partial charge in [-0.15, -0.1) is 12.4 Å². The molecule has 0 radical (unpaired) electrons. The van der Waals surface area contributed by atoms with Crippen LogP contribution >= 0.6 is 12.4 Å². The maximum atomic E-state index is 12.3. The summed E-state index contributed by atoms with van der Waals surface area (Å²) < 4.78 is 5.18. The number of nitrogens with zero attached hydrogens (tertiary/aromatic N) is 1. The number of carbonyl (C=O) groups excluding carboxylic acids is 1. The predicted molar refractivity (Wildman–Crippen MR) is 83.9 cm³/mol. The normalized spacial score (nSPS) is 11.6. The van der Waals surface area contributed by atoms with Crippen molar-refractivity contribution >= 4 is 18.3 Å². The van der Waals surface area contributed by atoms with Crippen LogP contribution < -0.4 is 5.73 Å². The highest BCUT2D eigenvalue weighted by Crippen LogP contribution is 2.08. The monoisotopic (exact) mass is 300 g/mol. The quantitative estimate of drug-likeness (QED) is 0.801. The number of carbonyl (C=O) groups is 1. The van der Waals surface area contributed by atoms with Gasteiger partial charge >= 0.3 is 0 Å². The first-order valence-corrected chi connectivity index (χ1v) is 6.75. The fourth-order valence-corrected chi connectivity index (χ4v) is 1.95. The molecule has 0 heterocycles. The van der Waals surface area contributed by atoms with E-state index in [4.69, 9.17) is 10.5 Å². The Morgan fingerprint density at radius 3 is 2.50 bits per heavy atom. The second-order valence-corrected chi connectivity index (χ2v) is 4.60. The lowest BCUT2D eigenvalue weighted by atomic mass is 10.1. The zero-order valence-corrected chi connectivity index (χ0v) is 13.1. The summed E-state index contributed by atoms with van der Waals surface area (Å²) in [5.74, 6) is 0.100. The Labute approximate surface area is 127 Å². The molecule has 4 nitrogen and oxygen atoms in total. The maximum absolute atomic E-state index is 12.3. The molecule has 0 aliphatic heterocycles. The molecule has 20 heavy (non-hydrogen) atoms. The molecule has 0 fully saturated rings. The van der Waals surface area contributed by atoms with Crippen molar-refractivity contribution in [2.45, 2.75) is 32.4 Å². The van der Waals surface area contributed by atoms with Crippen LogP contribution in [0, 0.1) is 0 Å². The van der Waals surface area contributed by atoms with Crippen LogP contribution in [0.2, 0.25) is 0 Å². The largest absolute Gasteiger partial charge is 0.380 e. The van der Waals surface area contributed by atoms with Gasteiger partial charge in [-0.25, -0.2) is 0 Å². The number of methoxy groups -OCH3 is 1. The number of rotatable bonds is 8. The van der Waals surface area contributed by atoms with Crippen LogP contribution in [-0.2, 0) is 16.1 Å². The van der Waals surface area contributed by atoms with Crippen LogP contribution in [-0.4, -0.2) is 37.1 Å². The van der Waals surface area contributed by atoms with Crippen LogP contribution in [0.3, 0.4) is 0 Å². The summed E-state index contributed by atoms with van der Waals surface area (Å²) in [6.45, 7) is 3.85. The lowest BCUT2D eigenvalue weighted by Crippen LogP contribution is -2.36. The average molecular weight is 301 g/mol. The molecular weight excluding hydrogens is 276 g/mol. The van der Waals surface area contributed by atoms with E-state index in [-0.39, 0.29) is 24.4 Å². The van der Waals surface area contributed by atoms with Gasteiger partial charge in [0.2, 0.25) is 5.91 Å². The minimum atomic E-state index is -0.192. The minimum Gasteiger partial charge on any atom is -0.380 e. The molecule has 114 valence electrons. The van der Waals surface area contributed by atoms with Crippen LogP contribution in [0.4, 0.5) is 0 Å². The van der Waals surface area contributed by atoms with Crippen LogP contribution in [0.1, 0.15) is 25.3 Å². The van der Waals surface area contributed by atoms with Crippen molar-refractivity contribution in [3.05, 3.63) is 35.9 Å². The molecular formula is C15H25ClN2O2. The second-order valence-electron chi connectivity index (χ2n) is 4.60. The fourth-order valence-electron chi connectivity index (χ4n) is 1.95. The molecule has 0 aliphatic rings. The summed E-state index contributed by atoms with van der Waals surface area (Å²) in [5, 5.41) is 0. The van der Waals surface area contributed by atoms with Gasteiger partial charge in [0.25, 0.3) is 0 Å². The lowest BCUT2D eigenvalue weighted by Gasteiger charge is -2.24. The number of hydrogen-bond acceptors (Lipinski definition) is 3. The van der Waals surface area contributed by atoms with E-state index in [9.17, 15) is 4.79 Å². The van der Waals surface area contributed by atoms with Gasteiger partial charge in [-0.1, -0.05) is 37.3 Å². The third-order valence-corrected chi connectivity index (χ3v) is 3.06. The highest BCUT2D eigenvalue weighted by atomic mass is 35.5. The Morgan fingerprint density at radius 2 is 2.00 bits per heavy atom. The van der Waals surface area contributed by atoms with Gasteiger partial charge in [-0.05, 0) is 12.0 Å². The summed E-state index contributed by atoms with van der Waals surface area (Å²) in [7, 11) is 1.59. The molecule has 5 heteroatoms.